The monoisotopic (exact) mass is 755 g/mol. The normalized spacial score (nSPS) is 12.1. The summed E-state index contributed by atoms with van der Waals surface area (Å²) in [6.07, 6.45) is 0. The smallest absolute Gasteiger partial charge is 0.0619 e. The lowest BCUT2D eigenvalue weighted by Crippen LogP contribution is -2.10. The minimum Gasteiger partial charge on any atom is -0.310 e. The summed E-state index contributed by atoms with van der Waals surface area (Å²) < 4.78 is 7.55. The van der Waals surface area contributed by atoms with Crippen LogP contribution in [0.3, 0.4) is 0 Å². The van der Waals surface area contributed by atoms with Gasteiger partial charge >= 0.3 is 0 Å². The fourth-order valence-corrected chi connectivity index (χ4v) is 10.9. The van der Waals surface area contributed by atoms with Crippen LogP contribution in [-0.2, 0) is 0 Å². The van der Waals surface area contributed by atoms with Gasteiger partial charge in [-0.2, -0.15) is 0 Å². The van der Waals surface area contributed by atoms with E-state index in [9.17, 15) is 0 Å². The van der Waals surface area contributed by atoms with Crippen molar-refractivity contribution < 1.29 is 0 Å². The summed E-state index contributed by atoms with van der Waals surface area (Å²) in [5.41, 5.74) is 13.1. The highest BCUT2D eigenvalue weighted by Gasteiger charge is 2.24. The number of fused-ring (bicyclic) bond motifs is 8. The molecule has 0 saturated heterocycles. The van der Waals surface area contributed by atoms with Crippen molar-refractivity contribution in [2.24, 2.45) is 0 Å². The Morgan fingerprint density at radius 3 is 1.81 bits per heavy atom. The van der Waals surface area contributed by atoms with E-state index in [-0.39, 0.29) is 0 Å². The molecule has 4 aromatic heterocycles. The van der Waals surface area contributed by atoms with Gasteiger partial charge in [-0.05, 0) is 95.4 Å². The van der Waals surface area contributed by atoms with E-state index in [2.05, 4.69) is 214 Å². The molecule has 13 rings (SSSR count). The molecule has 0 bridgehead atoms. The first kappa shape index (κ1) is 31.8. The van der Waals surface area contributed by atoms with Gasteiger partial charge in [0.15, 0.2) is 0 Å². The van der Waals surface area contributed by atoms with E-state index in [1.54, 1.807) is 0 Å². The fraction of sp³-hybridized carbons (Fsp3) is 0. The Balaban J connectivity index is 1.12. The maximum absolute atomic E-state index is 2.53. The van der Waals surface area contributed by atoms with Crippen LogP contribution in [0.15, 0.2) is 200 Å². The van der Waals surface area contributed by atoms with E-state index < -0.39 is 0 Å². The van der Waals surface area contributed by atoms with Gasteiger partial charge in [0, 0.05) is 64.2 Å². The van der Waals surface area contributed by atoms with Gasteiger partial charge in [0.05, 0.1) is 33.3 Å². The Bertz CT molecular complexity index is 3720. The van der Waals surface area contributed by atoms with Crippen LogP contribution >= 0.6 is 11.3 Å². The van der Waals surface area contributed by atoms with Crippen molar-refractivity contribution >= 4 is 108 Å². The first-order valence-corrected chi connectivity index (χ1v) is 20.7. The lowest BCUT2D eigenvalue weighted by Gasteiger charge is -2.27. The van der Waals surface area contributed by atoms with Gasteiger partial charge in [0.2, 0.25) is 0 Å². The maximum atomic E-state index is 2.53. The number of rotatable bonds is 5. The lowest BCUT2D eigenvalue weighted by molar-refractivity contribution is 1.18. The molecule has 0 aliphatic heterocycles. The molecule has 0 saturated carbocycles. The van der Waals surface area contributed by atoms with Crippen LogP contribution in [0.2, 0.25) is 0 Å². The molecular weight excluding hydrogens is 723 g/mol. The number of aromatic nitrogens is 2. The quantitative estimate of drug-likeness (QED) is 0.170. The van der Waals surface area contributed by atoms with Crippen LogP contribution in [0.25, 0.3) is 96.9 Å². The van der Waals surface area contributed by atoms with Crippen LogP contribution in [0.4, 0.5) is 17.1 Å². The molecule has 0 atom stereocenters. The minimum absolute atomic E-state index is 1.12. The second kappa shape index (κ2) is 12.1. The summed E-state index contributed by atoms with van der Waals surface area (Å²) in [4.78, 5) is 2.47. The summed E-state index contributed by atoms with van der Waals surface area (Å²) >= 11 is 1.86. The summed E-state index contributed by atoms with van der Waals surface area (Å²) in [6.45, 7) is 0. The molecule has 3 nitrogen and oxygen atoms in total. The van der Waals surface area contributed by atoms with Crippen LogP contribution < -0.4 is 4.90 Å². The van der Waals surface area contributed by atoms with Crippen molar-refractivity contribution in [2.75, 3.05) is 4.90 Å². The van der Waals surface area contributed by atoms with Gasteiger partial charge in [0.25, 0.3) is 0 Å². The molecule has 4 heterocycles. The van der Waals surface area contributed by atoms with Crippen LogP contribution in [-0.4, -0.2) is 8.97 Å². The first-order chi connectivity index (χ1) is 28.8. The number of thiophene rings is 1. The number of hydrogen-bond acceptors (Lipinski definition) is 2. The summed E-state index contributed by atoms with van der Waals surface area (Å²) in [5.74, 6) is 0. The van der Waals surface area contributed by atoms with Crippen LogP contribution in [0, 0.1) is 0 Å². The molecule has 9 aromatic carbocycles. The third-order valence-electron chi connectivity index (χ3n) is 12.2. The zero-order chi connectivity index (χ0) is 37.9. The van der Waals surface area contributed by atoms with Gasteiger partial charge in [-0.1, -0.05) is 121 Å². The molecule has 0 aliphatic rings. The molecule has 58 heavy (non-hydrogen) atoms. The number of para-hydroxylation sites is 2. The summed E-state index contributed by atoms with van der Waals surface area (Å²) in [6, 6.07) is 73.7. The molecule has 0 N–H and O–H groups in total. The molecular formula is C54H33N3S. The van der Waals surface area contributed by atoms with Gasteiger partial charge in [-0.3, -0.25) is 0 Å². The second-order valence-electron chi connectivity index (χ2n) is 15.3. The molecule has 13 aromatic rings. The van der Waals surface area contributed by atoms with Crippen molar-refractivity contribution in [3.8, 4) is 16.8 Å². The predicted molar refractivity (Wildman–Crippen MR) is 248 cm³/mol. The average molecular weight is 756 g/mol. The van der Waals surface area contributed by atoms with Crippen LogP contribution in [0.5, 0.6) is 0 Å². The van der Waals surface area contributed by atoms with Gasteiger partial charge < -0.3 is 13.9 Å². The van der Waals surface area contributed by atoms with E-state index in [1.165, 1.54) is 103 Å². The largest absolute Gasteiger partial charge is 0.310 e. The Morgan fingerprint density at radius 1 is 0.362 bits per heavy atom. The minimum atomic E-state index is 1.12. The maximum Gasteiger partial charge on any atom is 0.0619 e. The zero-order valence-corrected chi connectivity index (χ0v) is 32.1. The Morgan fingerprint density at radius 2 is 0.966 bits per heavy atom. The van der Waals surface area contributed by atoms with Gasteiger partial charge in [-0.15, -0.1) is 11.3 Å². The highest BCUT2D eigenvalue weighted by atomic mass is 32.1. The fourth-order valence-electron chi connectivity index (χ4n) is 9.82. The topological polar surface area (TPSA) is 12.6 Å². The van der Waals surface area contributed by atoms with Gasteiger partial charge in [0.1, 0.15) is 0 Å². The molecule has 0 spiro atoms. The third kappa shape index (κ3) is 4.38. The van der Waals surface area contributed by atoms with E-state index in [4.69, 9.17) is 0 Å². The van der Waals surface area contributed by atoms with Crippen molar-refractivity contribution in [1.29, 1.82) is 0 Å². The second-order valence-corrected chi connectivity index (χ2v) is 16.4. The summed E-state index contributed by atoms with van der Waals surface area (Å²) in [5, 5.41) is 10.2. The molecule has 0 fully saturated rings. The molecule has 0 unspecified atom stereocenters. The molecule has 270 valence electrons. The highest BCUT2D eigenvalue weighted by Crippen LogP contribution is 2.48. The summed E-state index contributed by atoms with van der Waals surface area (Å²) in [7, 11) is 0. The predicted octanol–water partition coefficient (Wildman–Crippen LogP) is 15.4. The first-order valence-electron chi connectivity index (χ1n) is 19.9. The number of nitrogens with zero attached hydrogens (tertiary/aromatic N) is 3. The molecule has 0 radical (unpaired) electrons. The van der Waals surface area contributed by atoms with E-state index in [0.717, 1.165) is 11.4 Å². The van der Waals surface area contributed by atoms with E-state index >= 15 is 0 Å². The number of hydrogen-bond donors (Lipinski definition) is 0. The highest BCUT2D eigenvalue weighted by molar-refractivity contribution is 7.26. The third-order valence-corrected chi connectivity index (χ3v) is 13.4. The Kier molecular flexibility index (Phi) is 6.60. The Hall–Kier alpha value is -7.40. The van der Waals surface area contributed by atoms with Gasteiger partial charge in [-0.25, -0.2) is 0 Å². The van der Waals surface area contributed by atoms with E-state index in [1.807, 2.05) is 11.3 Å². The Labute approximate surface area is 337 Å². The molecule has 0 amide bonds. The molecule has 0 aliphatic carbocycles. The lowest BCUT2D eigenvalue weighted by atomic mass is 10.0. The van der Waals surface area contributed by atoms with Crippen molar-refractivity contribution in [2.45, 2.75) is 0 Å². The van der Waals surface area contributed by atoms with Crippen molar-refractivity contribution in [3.63, 3.8) is 0 Å². The zero-order valence-electron chi connectivity index (χ0n) is 31.3. The standard InChI is InChI=1S/C54H33N3S/c1-3-13-34(14-4-1)35-27-29-37(30-28-35)55(45-24-12-26-50-51(45)42-17-7-8-25-49(42)58-50)38-31-32-44-43(33-38)41-20-9-19-40-39-18-10-21-46-52(39)53-47(56(46)36-15-5-2-6-16-36)22-11-23-48(53)57(44)54(40)41/h1-33H. The molecule has 4 heteroatoms. The van der Waals surface area contributed by atoms with E-state index in [0.29, 0.717) is 0 Å². The average Bonchev–Trinajstić information content (AvgIpc) is 3.92. The number of anilines is 3. The number of benzene rings is 9. The van der Waals surface area contributed by atoms with Crippen LogP contribution in [0.1, 0.15) is 0 Å². The van der Waals surface area contributed by atoms with Crippen molar-refractivity contribution in [1.82, 2.24) is 8.97 Å². The van der Waals surface area contributed by atoms with Crippen molar-refractivity contribution in [3.05, 3.63) is 200 Å². The SMILES string of the molecule is c1ccc(-c2ccc(N(c3ccc4c(c3)c3cccc5c6cccc7c6c6c(cccc6n4c53)n7-c3ccccc3)c3cccc4sc5ccccc5c34)cc2)cc1.